The van der Waals surface area contributed by atoms with Crippen LogP contribution in [0.25, 0.3) is 5.76 Å². The number of carbonyl (C=O) groups is 3. The van der Waals surface area contributed by atoms with Crippen LogP contribution in [-0.4, -0.2) is 43.1 Å². The maximum atomic E-state index is 13.4. The Balaban J connectivity index is 1.62. The lowest BCUT2D eigenvalue weighted by Gasteiger charge is -2.26. The van der Waals surface area contributed by atoms with E-state index in [-0.39, 0.29) is 23.7 Å². The van der Waals surface area contributed by atoms with Gasteiger partial charge in [-0.1, -0.05) is 42.0 Å². The second-order valence-corrected chi connectivity index (χ2v) is 8.86. The van der Waals surface area contributed by atoms with E-state index in [0.717, 1.165) is 5.56 Å². The van der Waals surface area contributed by atoms with Gasteiger partial charge in [-0.2, -0.15) is 0 Å². The van der Waals surface area contributed by atoms with Crippen molar-refractivity contribution in [1.29, 1.82) is 0 Å². The molecule has 1 fully saturated rings. The quantitative estimate of drug-likeness (QED) is 0.244. The summed E-state index contributed by atoms with van der Waals surface area (Å²) in [6.07, 6.45) is 0.0843. The van der Waals surface area contributed by atoms with E-state index in [2.05, 4.69) is 0 Å². The SMILES string of the molecule is COC(=O)Cc1ccc(N2C(=O)C(=O)/C(=C(\O)c3ccc4c(c3)OCCO4)C2c2cccc(C)c2)cc1. The summed E-state index contributed by atoms with van der Waals surface area (Å²) in [6, 6.07) is 18.3. The van der Waals surface area contributed by atoms with Gasteiger partial charge in [-0.05, 0) is 48.4 Å². The number of Topliss-reactive ketones (excluding diaryl/α,β-unsaturated/α-hetero) is 1. The average molecular weight is 500 g/mol. The number of aliphatic hydroxyl groups excluding tert-OH is 1. The summed E-state index contributed by atoms with van der Waals surface area (Å²) in [7, 11) is 1.32. The predicted molar refractivity (Wildman–Crippen MR) is 136 cm³/mol. The zero-order chi connectivity index (χ0) is 26.1. The second-order valence-electron chi connectivity index (χ2n) is 8.86. The van der Waals surface area contributed by atoms with Gasteiger partial charge in [-0.15, -0.1) is 0 Å². The molecule has 3 aromatic carbocycles. The normalized spacial score (nSPS) is 18.1. The van der Waals surface area contributed by atoms with Crippen molar-refractivity contribution in [1.82, 2.24) is 0 Å². The molecular weight excluding hydrogens is 474 g/mol. The Kier molecular flexibility index (Phi) is 6.40. The van der Waals surface area contributed by atoms with Gasteiger partial charge in [-0.25, -0.2) is 0 Å². The summed E-state index contributed by atoms with van der Waals surface area (Å²) in [5.41, 5.74) is 3.10. The minimum absolute atomic E-state index is 0.0223. The molecule has 0 radical (unpaired) electrons. The van der Waals surface area contributed by atoms with E-state index in [1.54, 1.807) is 42.5 Å². The third-order valence-corrected chi connectivity index (χ3v) is 6.41. The Morgan fingerprint density at radius 3 is 2.43 bits per heavy atom. The molecule has 8 heteroatoms. The van der Waals surface area contributed by atoms with Gasteiger partial charge in [0.2, 0.25) is 0 Å². The molecule has 188 valence electrons. The van der Waals surface area contributed by atoms with Gasteiger partial charge in [0.05, 0.1) is 25.1 Å². The number of esters is 1. The lowest BCUT2D eigenvalue weighted by molar-refractivity contribution is -0.139. The molecule has 0 aromatic heterocycles. The fourth-order valence-corrected chi connectivity index (χ4v) is 4.61. The van der Waals surface area contributed by atoms with Crippen molar-refractivity contribution in [3.8, 4) is 11.5 Å². The van der Waals surface area contributed by atoms with Crippen LogP contribution in [-0.2, 0) is 25.5 Å². The molecule has 0 spiro atoms. The summed E-state index contributed by atoms with van der Waals surface area (Å²) in [5.74, 6) is -1.23. The first-order chi connectivity index (χ1) is 17.9. The molecule has 2 aliphatic heterocycles. The van der Waals surface area contributed by atoms with Crippen LogP contribution in [0.1, 0.15) is 28.3 Å². The largest absolute Gasteiger partial charge is 0.507 e. The number of benzene rings is 3. The Morgan fingerprint density at radius 2 is 1.73 bits per heavy atom. The Hall–Kier alpha value is -4.59. The molecule has 1 amide bonds. The number of rotatable bonds is 5. The van der Waals surface area contributed by atoms with Gasteiger partial charge in [-0.3, -0.25) is 19.3 Å². The number of nitrogens with zero attached hydrogens (tertiary/aromatic N) is 1. The highest BCUT2D eigenvalue weighted by molar-refractivity contribution is 6.51. The van der Waals surface area contributed by atoms with Crippen molar-refractivity contribution in [2.24, 2.45) is 0 Å². The van der Waals surface area contributed by atoms with E-state index in [0.29, 0.717) is 47.1 Å². The number of hydrogen-bond acceptors (Lipinski definition) is 7. The van der Waals surface area contributed by atoms with Crippen molar-refractivity contribution < 1.29 is 33.7 Å². The number of methoxy groups -OCH3 is 1. The van der Waals surface area contributed by atoms with Gasteiger partial charge >= 0.3 is 5.97 Å². The van der Waals surface area contributed by atoms with Gasteiger partial charge < -0.3 is 19.3 Å². The summed E-state index contributed by atoms with van der Waals surface area (Å²) in [4.78, 5) is 39.8. The molecule has 1 N–H and O–H groups in total. The van der Waals surface area contributed by atoms with Crippen molar-refractivity contribution >= 4 is 29.1 Å². The molecule has 0 bridgehead atoms. The standard InChI is InChI=1S/C29H25NO7/c1-17-4-3-5-19(14-17)26-25(27(32)20-8-11-22-23(16-20)37-13-12-36-22)28(33)29(34)30(26)21-9-6-18(7-10-21)15-24(31)35-2/h3-11,14,16,26,32H,12-13,15H2,1-2H3/b27-25-. The lowest BCUT2D eigenvalue weighted by Crippen LogP contribution is -2.29. The minimum Gasteiger partial charge on any atom is -0.507 e. The molecule has 1 unspecified atom stereocenters. The molecule has 3 aromatic rings. The van der Waals surface area contributed by atoms with Crippen LogP contribution in [0.5, 0.6) is 11.5 Å². The van der Waals surface area contributed by atoms with Crippen LogP contribution in [0, 0.1) is 6.92 Å². The van der Waals surface area contributed by atoms with Crippen LogP contribution in [0.3, 0.4) is 0 Å². The molecule has 5 rings (SSSR count). The highest BCUT2D eigenvalue weighted by Crippen LogP contribution is 2.43. The van der Waals surface area contributed by atoms with E-state index in [1.807, 2.05) is 31.2 Å². The predicted octanol–water partition coefficient (Wildman–Crippen LogP) is 4.11. The van der Waals surface area contributed by atoms with Crippen molar-refractivity contribution in [2.45, 2.75) is 19.4 Å². The van der Waals surface area contributed by atoms with Crippen molar-refractivity contribution in [3.63, 3.8) is 0 Å². The molecule has 8 nitrogen and oxygen atoms in total. The third-order valence-electron chi connectivity index (χ3n) is 6.41. The van der Waals surface area contributed by atoms with Gasteiger partial charge in [0.25, 0.3) is 11.7 Å². The first-order valence-corrected chi connectivity index (χ1v) is 11.8. The van der Waals surface area contributed by atoms with Crippen LogP contribution in [0.2, 0.25) is 0 Å². The van der Waals surface area contributed by atoms with Crippen LogP contribution in [0.4, 0.5) is 5.69 Å². The number of aryl methyl sites for hydroxylation is 1. The molecule has 0 saturated carbocycles. The average Bonchev–Trinajstić information content (AvgIpc) is 3.18. The fourth-order valence-electron chi connectivity index (χ4n) is 4.61. The number of anilines is 1. The Bertz CT molecular complexity index is 1420. The van der Waals surface area contributed by atoms with Gasteiger partial charge in [0, 0.05) is 11.3 Å². The number of aliphatic hydroxyl groups is 1. The Labute approximate surface area is 213 Å². The van der Waals surface area contributed by atoms with E-state index in [9.17, 15) is 19.5 Å². The number of amides is 1. The van der Waals surface area contributed by atoms with Crippen molar-refractivity contribution in [3.05, 3.63) is 94.6 Å². The van der Waals surface area contributed by atoms with E-state index < -0.39 is 17.7 Å². The summed E-state index contributed by atoms with van der Waals surface area (Å²) >= 11 is 0. The number of carbonyl (C=O) groups excluding carboxylic acids is 3. The highest BCUT2D eigenvalue weighted by Gasteiger charge is 2.47. The second kappa shape index (κ2) is 9.81. The topological polar surface area (TPSA) is 102 Å². The molecule has 1 atom stereocenters. The highest BCUT2D eigenvalue weighted by atomic mass is 16.6. The maximum Gasteiger partial charge on any atom is 0.309 e. The molecule has 2 heterocycles. The van der Waals surface area contributed by atoms with Crippen LogP contribution >= 0.6 is 0 Å². The molecule has 0 aliphatic carbocycles. The fraction of sp³-hybridized carbons (Fsp3) is 0.207. The van der Waals surface area contributed by atoms with Gasteiger partial charge in [0.15, 0.2) is 11.5 Å². The van der Waals surface area contributed by atoms with Crippen LogP contribution in [0.15, 0.2) is 72.3 Å². The van der Waals surface area contributed by atoms with Crippen LogP contribution < -0.4 is 14.4 Å². The molecule has 1 saturated heterocycles. The Morgan fingerprint density at radius 1 is 1.00 bits per heavy atom. The zero-order valence-corrected chi connectivity index (χ0v) is 20.4. The minimum atomic E-state index is -0.862. The zero-order valence-electron chi connectivity index (χ0n) is 20.4. The third kappa shape index (κ3) is 4.53. The first-order valence-electron chi connectivity index (χ1n) is 11.8. The monoisotopic (exact) mass is 499 g/mol. The number of ketones is 1. The van der Waals surface area contributed by atoms with E-state index in [1.165, 1.54) is 12.0 Å². The molecule has 37 heavy (non-hydrogen) atoms. The first kappa shape index (κ1) is 24.1. The molecule has 2 aliphatic rings. The number of ether oxygens (including phenoxy) is 3. The van der Waals surface area contributed by atoms with Gasteiger partial charge in [0.1, 0.15) is 19.0 Å². The maximum absolute atomic E-state index is 13.4. The van der Waals surface area contributed by atoms with E-state index in [4.69, 9.17) is 14.2 Å². The van der Waals surface area contributed by atoms with E-state index >= 15 is 0 Å². The lowest BCUT2D eigenvalue weighted by atomic mass is 9.94. The summed E-state index contributed by atoms with van der Waals surface area (Å²) in [5, 5.41) is 11.4. The number of fused-ring (bicyclic) bond motifs is 1. The molecular formula is C29H25NO7. The smallest absolute Gasteiger partial charge is 0.309 e. The summed E-state index contributed by atoms with van der Waals surface area (Å²) < 4.78 is 15.9. The number of hydrogen-bond donors (Lipinski definition) is 1. The summed E-state index contributed by atoms with van der Waals surface area (Å²) in [6.45, 7) is 2.71. The van der Waals surface area contributed by atoms with Crippen molar-refractivity contribution in [2.75, 3.05) is 25.2 Å².